The number of pyridine rings is 4. The number of aromatic nitrogens is 2. The number of hydrogen-bond donors (Lipinski definition) is 0. The van der Waals surface area contributed by atoms with E-state index in [-0.39, 0.29) is 16.7 Å². The standard InChI is InChI=1S/C36H20N4O2/c1-18-4-10-29-26(12-18)20(3)14-31-22-6-8-25-34-23(7-9-24(33(22)34)35(41)39(29)31)32-15-27(21(16-37)17-38)28-13-19(2)5-11-30(28)40(32)36(25)42/h4-15H,3H2,1-2H3. The Morgan fingerprint density at radius 1 is 0.595 bits per heavy atom. The molecule has 0 aliphatic heterocycles. The quantitative estimate of drug-likeness (QED) is 0.192. The molecule has 0 N–H and O–H groups in total. The van der Waals surface area contributed by atoms with E-state index < -0.39 is 0 Å². The fraction of sp³-hybridized carbons (Fsp3) is 0.0556. The van der Waals surface area contributed by atoms with Gasteiger partial charge in [0.05, 0.1) is 22.1 Å². The summed E-state index contributed by atoms with van der Waals surface area (Å²) in [4.78, 5) is 28.4. The lowest BCUT2D eigenvalue weighted by molar-refractivity contribution is 1.17. The maximum absolute atomic E-state index is 14.3. The van der Waals surface area contributed by atoms with E-state index in [0.29, 0.717) is 37.8 Å². The van der Waals surface area contributed by atoms with Gasteiger partial charge in [-0.2, -0.15) is 10.5 Å². The largest absolute Gasteiger partial charge is 0.276 e. The number of nitriles is 2. The highest BCUT2D eigenvalue weighted by Crippen LogP contribution is 2.36. The summed E-state index contributed by atoms with van der Waals surface area (Å²) < 4.78 is 3.40. The van der Waals surface area contributed by atoms with Crippen molar-refractivity contribution in [3.8, 4) is 12.1 Å². The SMILES string of the molecule is C=c1cc2c3ccc4c(=O)n5c6ccc(C)cc6c(=C(C#N)C#N)cc5c5ccc(c(=O)n2c2ccc(C)cc12)c3c45. The van der Waals surface area contributed by atoms with Crippen LogP contribution in [0.4, 0.5) is 0 Å². The third-order valence-corrected chi connectivity index (χ3v) is 8.57. The number of rotatable bonds is 0. The van der Waals surface area contributed by atoms with Gasteiger partial charge in [-0.25, -0.2) is 0 Å². The summed E-state index contributed by atoms with van der Waals surface area (Å²) in [7, 11) is 0. The van der Waals surface area contributed by atoms with Gasteiger partial charge in [0.1, 0.15) is 17.7 Å². The summed E-state index contributed by atoms with van der Waals surface area (Å²) in [5.74, 6) is 0. The lowest BCUT2D eigenvalue weighted by atomic mass is 9.93. The third kappa shape index (κ3) is 2.85. The van der Waals surface area contributed by atoms with Crippen LogP contribution in [-0.4, -0.2) is 8.80 Å². The van der Waals surface area contributed by atoms with Crippen LogP contribution in [0.2, 0.25) is 0 Å². The molecule has 4 aromatic heterocycles. The number of hydrogen-bond acceptors (Lipinski definition) is 4. The molecule has 0 spiro atoms. The lowest BCUT2D eigenvalue weighted by Crippen LogP contribution is -2.21. The first-order chi connectivity index (χ1) is 20.3. The number of aryl methyl sites for hydroxylation is 2. The van der Waals surface area contributed by atoms with Crippen LogP contribution in [0.1, 0.15) is 11.1 Å². The minimum absolute atomic E-state index is 0.0272. The first kappa shape index (κ1) is 23.9. The summed E-state index contributed by atoms with van der Waals surface area (Å²) in [6.07, 6.45) is 0. The van der Waals surface area contributed by atoms with Crippen LogP contribution in [0.15, 0.2) is 82.4 Å². The van der Waals surface area contributed by atoms with E-state index >= 15 is 0 Å². The highest BCUT2D eigenvalue weighted by atomic mass is 16.1. The van der Waals surface area contributed by atoms with Gasteiger partial charge in [-0.05, 0) is 67.6 Å². The molecule has 196 valence electrons. The molecule has 0 fully saturated rings. The molecule has 8 aromatic rings. The maximum atomic E-state index is 14.3. The van der Waals surface area contributed by atoms with Gasteiger partial charge < -0.3 is 0 Å². The molecule has 0 amide bonds. The molecule has 4 aromatic carbocycles. The predicted octanol–water partition coefficient (Wildman–Crippen LogP) is 5.34. The molecule has 0 radical (unpaired) electrons. The van der Waals surface area contributed by atoms with Gasteiger partial charge in [-0.1, -0.05) is 42.0 Å². The van der Waals surface area contributed by atoms with Gasteiger partial charge >= 0.3 is 0 Å². The van der Waals surface area contributed by atoms with Gasteiger partial charge in [0.2, 0.25) is 0 Å². The van der Waals surface area contributed by atoms with Crippen LogP contribution < -0.4 is 21.6 Å². The van der Waals surface area contributed by atoms with Crippen LogP contribution in [0, 0.1) is 36.5 Å². The second kappa shape index (κ2) is 8.04. The van der Waals surface area contributed by atoms with E-state index in [9.17, 15) is 20.1 Å². The second-order valence-electron chi connectivity index (χ2n) is 11.0. The lowest BCUT2D eigenvalue weighted by Gasteiger charge is -2.17. The van der Waals surface area contributed by atoms with Crippen LogP contribution in [0.3, 0.4) is 0 Å². The normalized spacial score (nSPS) is 11.8. The Morgan fingerprint density at radius 3 is 1.62 bits per heavy atom. The van der Waals surface area contributed by atoms with E-state index in [1.54, 1.807) is 14.9 Å². The van der Waals surface area contributed by atoms with Gasteiger partial charge in [0.15, 0.2) is 0 Å². The van der Waals surface area contributed by atoms with Crippen LogP contribution in [0.5, 0.6) is 0 Å². The van der Waals surface area contributed by atoms with Crippen molar-refractivity contribution >= 4 is 77.3 Å². The van der Waals surface area contributed by atoms with Crippen LogP contribution in [0.25, 0.3) is 77.3 Å². The first-order valence-corrected chi connectivity index (χ1v) is 13.5. The van der Waals surface area contributed by atoms with Gasteiger partial charge in [-0.15, -0.1) is 0 Å². The molecule has 6 nitrogen and oxygen atoms in total. The van der Waals surface area contributed by atoms with Gasteiger partial charge in [-0.3, -0.25) is 18.4 Å². The molecular formula is C36H20N4O2. The van der Waals surface area contributed by atoms with Crippen molar-refractivity contribution in [1.29, 1.82) is 10.5 Å². The average molecular weight is 541 g/mol. The van der Waals surface area contributed by atoms with Crippen molar-refractivity contribution in [2.45, 2.75) is 13.8 Å². The highest BCUT2D eigenvalue weighted by Gasteiger charge is 2.20. The van der Waals surface area contributed by atoms with Crippen molar-refractivity contribution in [2.75, 3.05) is 0 Å². The van der Waals surface area contributed by atoms with E-state index in [1.807, 2.05) is 92.7 Å². The van der Waals surface area contributed by atoms with Crippen molar-refractivity contribution < 1.29 is 0 Å². The van der Waals surface area contributed by atoms with Crippen molar-refractivity contribution in [1.82, 2.24) is 8.80 Å². The minimum atomic E-state index is -0.227. The Morgan fingerprint density at radius 2 is 1.07 bits per heavy atom. The summed E-state index contributed by atoms with van der Waals surface area (Å²) in [5.41, 5.74) is 4.30. The molecule has 6 heteroatoms. The Labute approximate surface area is 237 Å². The molecule has 42 heavy (non-hydrogen) atoms. The summed E-state index contributed by atoms with van der Waals surface area (Å²) in [5, 5.41) is 26.5. The Balaban J connectivity index is 1.69. The number of benzene rings is 4. The fourth-order valence-corrected chi connectivity index (χ4v) is 6.71. The van der Waals surface area contributed by atoms with Crippen molar-refractivity contribution in [3.63, 3.8) is 0 Å². The smallest absolute Gasteiger partial charge is 0.263 e. The third-order valence-electron chi connectivity index (χ3n) is 8.57. The fourth-order valence-electron chi connectivity index (χ4n) is 6.71. The molecule has 0 saturated carbocycles. The Bertz CT molecular complexity index is 2880. The van der Waals surface area contributed by atoms with E-state index in [2.05, 4.69) is 6.58 Å². The van der Waals surface area contributed by atoms with E-state index in [0.717, 1.165) is 48.9 Å². The summed E-state index contributed by atoms with van der Waals surface area (Å²) >= 11 is 0. The maximum Gasteiger partial charge on any atom is 0.263 e. The number of nitrogens with zero attached hydrogens (tertiary/aromatic N) is 4. The average Bonchev–Trinajstić information content (AvgIpc) is 2.99. The minimum Gasteiger partial charge on any atom is -0.276 e. The Kier molecular flexibility index (Phi) is 4.57. The predicted molar refractivity (Wildman–Crippen MR) is 168 cm³/mol. The van der Waals surface area contributed by atoms with Crippen molar-refractivity contribution in [2.24, 2.45) is 0 Å². The van der Waals surface area contributed by atoms with Gasteiger partial charge in [0, 0.05) is 48.3 Å². The van der Waals surface area contributed by atoms with Gasteiger partial charge in [0.25, 0.3) is 11.1 Å². The first-order valence-electron chi connectivity index (χ1n) is 13.5. The second-order valence-corrected chi connectivity index (χ2v) is 11.0. The summed E-state index contributed by atoms with van der Waals surface area (Å²) in [6, 6.07) is 26.8. The molecule has 0 atom stereocenters. The summed E-state index contributed by atoms with van der Waals surface area (Å²) in [6.45, 7) is 8.23. The van der Waals surface area contributed by atoms with Crippen molar-refractivity contribution in [3.05, 3.63) is 115 Å². The Hall–Kier alpha value is -5.98. The number of fused-ring (bicyclic) bond motifs is 8. The molecule has 4 heterocycles. The molecule has 8 rings (SSSR count). The monoisotopic (exact) mass is 540 g/mol. The molecule has 0 bridgehead atoms. The molecule has 0 unspecified atom stereocenters. The van der Waals surface area contributed by atoms with E-state index in [4.69, 9.17) is 0 Å². The highest BCUT2D eigenvalue weighted by molar-refractivity contribution is 6.28. The molecule has 0 aliphatic rings. The molecular weight excluding hydrogens is 520 g/mol. The molecule has 0 saturated heterocycles. The zero-order valence-corrected chi connectivity index (χ0v) is 22.7. The van der Waals surface area contributed by atoms with Crippen LogP contribution >= 0.6 is 0 Å². The van der Waals surface area contributed by atoms with E-state index in [1.165, 1.54) is 0 Å². The topological polar surface area (TPSA) is 90.5 Å². The zero-order valence-electron chi connectivity index (χ0n) is 22.7. The zero-order chi connectivity index (χ0) is 29.0. The van der Waals surface area contributed by atoms with Crippen LogP contribution in [-0.2, 0) is 0 Å². The molecule has 0 aliphatic carbocycles.